The topological polar surface area (TPSA) is 86.9 Å². The third-order valence-electron chi connectivity index (χ3n) is 1.77. The van der Waals surface area contributed by atoms with Crippen LogP contribution in [0.4, 0.5) is 5.69 Å². The minimum atomic E-state index is -0.246. The van der Waals surface area contributed by atoms with Gasteiger partial charge in [0.2, 0.25) is 0 Å². The maximum absolute atomic E-state index is 11.4. The Morgan fingerprint density at radius 1 is 1.40 bits per heavy atom. The van der Waals surface area contributed by atoms with Gasteiger partial charge in [0.25, 0.3) is 5.56 Å². The molecule has 0 unspecified atom stereocenters. The van der Waals surface area contributed by atoms with Crippen LogP contribution in [0.15, 0.2) is 11.0 Å². The standard InChI is InChI=1S/C8H12N4O.C2H6/c1-5-7(10)6(3-4-9)8(13)12(2)11-5;1-2/h3-4H,9-10H2,1-2H3;1-2H3/b4-3-;. The normalized spacial score (nSPS) is 9.87. The van der Waals surface area contributed by atoms with Crippen LogP contribution in [0.1, 0.15) is 25.1 Å². The van der Waals surface area contributed by atoms with E-state index in [2.05, 4.69) is 5.10 Å². The second kappa shape index (κ2) is 5.85. The van der Waals surface area contributed by atoms with E-state index >= 15 is 0 Å². The molecule has 1 heterocycles. The predicted octanol–water partition coefficient (Wildman–Crippen LogP) is 0.627. The Morgan fingerprint density at radius 2 is 1.93 bits per heavy atom. The van der Waals surface area contributed by atoms with E-state index in [0.29, 0.717) is 16.9 Å². The van der Waals surface area contributed by atoms with E-state index in [1.54, 1.807) is 14.0 Å². The highest BCUT2D eigenvalue weighted by atomic mass is 16.1. The van der Waals surface area contributed by atoms with Crippen LogP contribution in [-0.4, -0.2) is 9.78 Å². The predicted molar refractivity (Wildman–Crippen MR) is 63.2 cm³/mol. The number of rotatable bonds is 1. The maximum atomic E-state index is 11.4. The zero-order valence-corrected chi connectivity index (χ0v) is 9.61. The molecule has 1 aromatic rings. The fraction of sp³-hybridized carbons (Fsp3) is 0.400. The Balaban J connectivity index is 0.000000921. The van der Waals surface area contributed by atoms with Gasteiger partial charge in [0, 0.05) is 7.05 Å². The molecule has 5 heteroatoms. The number of hydrogen-bond acceptors (Lipinski definition) is 4. The van der Waals surface area contributed by atoms with Crippen LogP contribution < -0.4 is 17.0 Å². The van der Waals surface area contributed by atoms with Crippen LogP contribution >= 0.6 is 0 Å². The van der Waals surface area contributed by atoms with Gasteiger partial charge < -0.3 is 11.5 Å². The van der Waals surface area contributed by atoms with Gasteiger partial charge in [-0.2, -0.15) is 5.10 Å². The van der Waals surface area contributed by atoms with Crippen LogP contribution in [0.25, 0.3) is 6.08 Å². The van der Waals surface area contributed by atoms with Crippen LogP contribution in [-0.2, 0) is 7.05 Å². The number of aryl methyl sites for hydroxylation is 2. The highest BCUT2D eigenvalue weighted by molar-refractivity contribution is 5.64. The molecule has 0 radical (unpaired) electrons. The molecule has 1 aromatic heterocycles. The average molecular weight is 210 g/mol. The van der Waals surface area contributed by atoms with Gasteiger partial charge in [-0.25, -0.2) is 4.68 Å². The van der Waals surface area contributed by atoms with Crippen LogP contribution in [0, 0.1) is 6.92 Å². The van der Waals surface area contributed by atoms with Gasteiger partial charge in [-0.1, -0.05) is 13.8 Å². The van der Waals surface area contributed by atoms with Gasteiger partial charge in [-0.15, -0.1) is 0 Å². The Morgan fingerprint density at radius 3 is 2.40 bits per heavy atom. The number of nitrogens with zero attached hydrogens (tertiary/aromatic N) is 2. The summed E-state index contributed by atoms with van der Waals surface area (Å²) >= 11 is 0. The lowest BCUT2D eigenvalue weighted by molar-refractivity contribution is 0.693. The molecule has 0 atom stereocenters. The summed E-state index contributed by atoms with van der Waals surface area (Å²) in [7, 11) is 1.57. The van der Waals surface area contributed by atoms with Gasteiger partial charge in [0.15, 0.2) is 0 Å². The summed E-state index contributed by atoms with van der Waals surface area (Å²) in [6.45, 7) is 5.74. The van der Waals surface area contributed by atoms with Crippen molar-refractivity contribution in [2.24, 2.45) is 12.8 Å². The highest BCUT2D eigenvalue weighted by Crippen LogP contribution is 2.10. The Labute approximate surface area is 89.4 Å². The molecule has 0 aromatic carbocycles. The molecule has 0 aliphatic heterocycles. The summed E-state index contributed by atoms with van der Waals surface area (Å²) in [5.41, 5.74) is 12.0. The molecule has 0 fully saturated rings. The lowest BCUT2D eigenvalue weighted by Crippen LogP contribution is -2.24. The fourth-order valence-electron chi connectivity index (χ4n) is 1.07. The summed E-state index contributed by atoms with van der Waals surface area (Å²) in [5.74, 6) is 0. The van der Waals surface area contributed by atoms with E-state index < -0.39 is 0 Å². The lowest BCUT2D eigenvalue weighted by Gasteiger charge is -2.05. The molecule has 0 bridgehead atoms. The molecule has 0 aliphatic rings. The zero-order valence-electron chi connectivity index (χ0n) is 9.61. The van der Waals surface area contributed by atoms with Crippen molar-refractivity contribution in [1.29, 1.82) is 0 Å². The van der Waals surface area contributed by atoms with E-state index in [9.17, 15) is 4.79 Å². The van der Waals surface area contributed by atoms with Crippen LogP contribution in [0.5, 0.6) is 0 Å². The van der Waals surface area contributed by atoms with E-state index in [1.165, 1.54) is 17.0 Å². The van der Waals surface area contributed by atoms with Crippen LogP contribution in [0.3, 0.4) is 0 Å². The van der Waals surface area contributed by atoms with E-state index in [1.807, 2.05) is 13.8 Å². The van der Waals surface area contributed by atoms with Crippen molar-refractivity contribution in [2.75, 3.05) is 5.73 Å². The largest absolute Gasteiger partial charge is 0.405 e. The fourth-order valence-corrected chi connectivity index (χ4v) is 1.07. The van der Waals surface area contributed by atoms with Gasteiger partial charge in [-0.05, 0) is 19.2 Å². The molecular formula is C10H18N4O. The quantitative estimate of drug-likeness (QED) is 0.711. The molecular weight excluding hydrogens is 192 g/mol. The average Bonchev–Trinajstić information content (AvgIpc) is 2.24. The molecule has 15 heavy (non-hydrogen) atoms. The number of nitrogens with two attached hydrogens (primary N) is 2. The van der Waals surface area contributed by atoms with Gasteiger partial charge in [-0.3, -0.25) is 4.79 Å². The maximum Gasteiger partial charge on any atom is 0.275 e. The summed E-state index contributed by atoms with van der Waals surface area (Å²) in [4.78, 5) is 11.4. The van der Waals surface area contributed by atoms with Crippen LogP contribution in [0.2, 0.25) is 0 Å². The molecule has 84 valence electrons. The molecule has 0 saturated heterocycles. The second-order valence-corrected chi connectivity index (χ2v) is 2.70. The monoisotopic (exact) mass is 210 g/mol. The number of aromatic nitrogens is 2. The SMILES string of the molecule is CC.Cc1nn(C)c(=O)c(/C=C\N)c1N. The zero-order chi connectivity index (χ0) is 12.0. The molecule has 0 aliphatic carbocycles. The van der Waals surface area contributed by atoms with Gasteiger partial charge in [0.1, 0.15) is 0 Å². The number of nitrogen functional groups attached to an aromatic ring is 1. The highest BCUT2D eigenvalue weighted by Gasteiger charge is 2.07. The van der Waals surface area contributed by atoms with E-state index in [0.717, 1.165) is 0 Å². The third-order valence-corrected chi connectivity index (χ3v) is 1.77. The molecule has 5 nitrogen and oxygen atoms in total. The second-order valence-electron chi connectivity index (χ2n) is 2.70. The molecule has 1 rings (SSSR count). The van der Waals surface area contributed by atoms with Gasteiger partial charge >= 0.3 is 0 Å². The Bertz CT molecular complexity index is 407. The minimum absolute atomic E-state index is 0.246. The van der Waals surface area contributed by atoms with Crippen molar-refractivity contribution < 1.29 is 0 Å². The summed E-state index contributed by atoms with van der Waals surface area (Å²) in [6.07, 6.45) is 2.76. The van der Waals surface area contributed by atoms with Crippen molar-refractivity contribution in [2.45, 2.75) is 20.8 Å². The van der Waals surface area contributed by atoms with Crippen molar-refractivity contribution in [3.8, 4) is 0 Å². The Kier molecular flexibility index (Phi) is 5.15. The molecule has 0 amide bonds. The van der Waals surface area contributed by atoms with Crippen molar-refractivity contribution >= 4 is 11.8 Å². The molecule has 0 saturated carbocycles. The van der Waals surface area contributed by atoms with E-state index in [4.69, 9.17) is 11.5 Å². The smallest absolute Gasteiger partial charge is 0.275 e. The summed E-state index contributed by atoms with van der Waals surface area (Å²) < 4.78 is 1.24. The number of hydrogen-bond donors (Lipinski definition) is 2. The van der Waals surface area contributed by atoms with Crippen molar-refractivity contribution in [3.05, 3.63) is 27.8 Å². The molecule has 4 N–H and O–H groups in total. The van der Waals surface area contributed by atoms with E-state index in [-0.39, 0.29) is 5.56 Å². The van der Waals surface area contributed by atoms with Gasteiger partial charge in [0.05, 0.1) is 16.9 Å². The van der Waals surface area contributed by atoms with Crippen molar-refractivity contribution in [1.82, 2.24) is 9.78 Å². The minimum Gasteiger partial charge on any atom is -0.405 e. The first-order valence-corrected chi connectivity index (χ1v) is 4.79. The summed E-state index contributed by atoms with van der Waals surface area (Å²) in [6, 6.07) is 0. The summed E-state index contributed by atoms with van der Waals surface area (Å²) in [5, 5.41) is 3.92. The lowest BCUT2D eigenvalue weighted by atomic mass is 10.2. The Hall–Kier alpha value is -1.78. The third kappa shape index (κ3) is 2.83. The first-order chi connectivity index (χ1) is 7.07. The first kappa shape index (κ1) is 13.2. The molecule has 0 spiro atoms. The number of anilines is 1. The van der Waals surface area contributed by atoms with Crippen molar-refractivity contribution in [3.63, 3.8) is 0 Å². The first-order valence-electron chi connectivity index (χ1n) is 4.79.